The third-order valence-corrected chi connectivity index (χ3v) is 3.68. The van der Waals surface area contributed by atoms with Crippen LogP contribution in [0.2, 0.25) is 5.02 Å². The Kier molecular flexibility index (Phi) is 4.50. The number of phenols is 1. The van der Waals surface area contributed by atoms with E-state index in [0.29, 0.717) is 15.2 Å². The van der Waals surface area contributed by atoms with Crippen molar-refractivity contribution in [3.63, 3.8) is 0 Å². The van der Waals surface area contributed by atoms with Crippen LogP contribution in [0, 0.1) is 0 Å². The lowest BCUT2D eigenvalue weighted by atomic mass is 10.2. The molecule has 0 radical (unpaired) electrons. The fourth-order valence-electron chi connectivity index (χ4n) is 1.47. The molecule has 0 unspecified atom stereocenters. The molecule has 6 heteroatoms. The maximum absolute atomic E-state index is 12.1. The van der Waals surface area contributed by atoms with Crippen LogP contribution in [-0.2, 0) is 0 Å². The molecule has 0 bridgehead atoms. The average molecular weight is 405 g/mol. The van der Waals surface area contributed by atoms with Gasteiger partial charge in [-0.2, -0.15) is 0 Å². The summed E-state index contributed by atoms with van der Waals surface area (Å²) < 4.78 is 1.53. The maximum atomic E-state index is 12.1. The first kappa shape index (κ1) is 14.4. The molecule has 2 rings (SSSR count). The van der Waals surface area contributed by atoms with Crippen LogP contribution in [0.5, 0.6) is 5.75 Å². The molecule has 0 saturated heterocycles. The monoisotopic (exact) mass is 403 g/mol. The van der Waals surface area contributed by atoms with Crippen LogP contribution in [0.4, 0.5) is 5.69 Å². The van der Waals surface area contributed by atoms with Gasteiger partial charge in [0.05, 0.1) is 16.3 Å². The van der Waals surface area contributed by atoms with E-state index < -0.39 is 5.91 Å². The highest BCUT2D eigenvalue weighted by Crippen LogP contribution is 2.28. The first-order valence-electron chi connectivity index (χ1n) is 5.22. The summed E-state index contributed by atoms with van der Waals surface area (Å²) in [6.07, 6.45) is 0. The van der Waals surface area contributed by atoms with Crippen molar-refractivity contribution in [2.24, 2.45) is 0 Å². The van der Waals surface area contributed by atoms with Gasteiger partial charge < -0.3 is 10.4 Å². The van der Waals surface area contributed by atoms with E-state index >= 15 is 0 Å². The van der Waals surface area contributed by atoms with Crippen molar-refractivity contribution >= 4 is 55.1 Å². The second-order valence-corrected chi connectivity index (χ2v) is 5.98. The van der Waals surface area contributed by atoms with E-state index in [1.807, 2.05) is 0 Å². The lowest BCUT2D eigenvalue weighted by molar-refractivity contribution is 0.102. The third kappa shape index (κ3) is 3.49. The van der Waals surface area contributed by atoms with E-state index in [0.717, 1.165) is 4.47 Å². The van der Waals surface area contributed by atoms with Gasteiger partial charge in [-0.3, -0.25) is 4.79 Å². The minimum atomic E-state index is -0.428. The molecule has 0 atom stereocenters. The molecular weight excluding hydrogens is 397 g/mol. The second kappa shape index (κ2) is 5.94. The molecule has 0 aliphatic carbocycles. The summed E-state index contributed by atoms with van der Waals surface area (Å²) in [5.74, 6) is -0.517. The topological polar surface area (TPSA) is 49.3 Å². The predicted molar refractivity (Wildman–Crippen MR) is 82.9 cm³/mol. The van der Waals surface area contributed by atoms with Crippen molar-refractivity contribution < 1.29 is 9.90 Å². The summed E-state index contributed by atoms with van der Waals surface area (Å²) in [6, 6.07) is 9.76. The van der Waals surface area contributed by atoms with Crippen LogP contribution < -0.4 is 5.32 Å². The zero-order chi connectivity index (χ0) is 14.0. The Bertz CT molecular complexity index is 647. The molecule has 1 amide bonds. The molecule has 0 fully saturated rings. The number of rotatable bonds is 2. The van der Waals surface area contributed by atoms with E-state index in [2.05, 4.69) is 37.2 Å². The Morgan fingerprint density at radius 1 is 1.11 bits per heavy atom. The smallest absolute Gasteiger partial charge is 0.259 e. The standard InChI is InChI=1S/C13H8Br2ClNO2/c14-7-2-4-12(18)9(5-7)13(19)17-11-3-1-8(15)6-10(11)16/h1-6,18H,(H,17,19). The van der Waals surface area contributed by atoms with E-state index in [4.69, 9.17) is 11.6 Å². The fraction of sp³-hybridized carbons (Fsp3) is 0. The highest BCUT2D eigenvalue weighted by atomic mass is 79.9. The number of phenolic OH excluding ortho intramolecular Hbond substituents is 1. The number of hydrogen-bond donors (Lipinski definition) is 2. The first-order chi connectivity index (χ1) is 8.97. The van der Waals surface area contributed by atoms with Crippen molar-refractivity contribution in [2.75, 3.05) is 5.32 Å². The van der Waals surface area contributed by atoms with Crippen LogP contribution in [0.15, 0.2) is 45.3 Å². The number of aromatic hydroxyl groups is 1. The lowest BCUT2D eigenvalue weighted by Gasteiger charge is -2.09. The molecule has 0 saturated carbocycles. The Morgan fingerprint density at radius 3 is 2.42 bits per heavy atom. The molecule has 2 N–H and O–H groups in total. The van der Waals surface area contributed by atoms with Crippen LogP contribution in [-0.4, -0.2) is 11.0 Å². The van der Waals surface area contributed by atoms with E-state index in [1.54, 1.807) is 24.3 Å². The Morgan fingerprint density at radius 2 is 1.74 bits per heavy atom. The van der Waals surface area contributed by atoms with Crippen molar-refractivity contribution in [2.45, 2.75) is 0 Å². The zero-order valence-electron chi connectivity index (χ0n) is 9.45. The summed E-state index contributed by atoms with van der Waals surface area (Å²) >= 11 is 12.6. The Hall–Kier alpha value is -1.04. The van der Waals surface area contributed by atoms with Crippen molar-refractivity contribution in [1.82, 2.24) is 0 Å². The van der Waals surface area contributed by atoms with Gasteiger partial charge in [0.25, 0.3) is 5.91 Å². The quantitative estimate of drug-likeness (QED) is 0.752. The summed E-state index contributed by atoms with van der Waals surface area (Å²) in [6.45, 7) is 0. The summed E-state index contributed by atoms with van der Waals surface area (Å²) in [5, 5.41) is 12.7. The van der Waals surface area contributed by atoms with Crippen LogP contribution in [0.25, 0.3) is 0 Å². The van der Waals surface area contributed by atoms with Crippen molar-refractivity contribution in [3.05, 3.63) is 55.9 Å². The molecule has 0 spiro atoms. The van der Waals surface area contributed by atoms with Gasteiger partial charge in [0.15, 0.2) is 0 Å². The van der Waals surface area contributed by atoms with E-state index in [-0.39, 0.29) is 11.3 Å². The molecule has 0 aliphatic heterocycles. The SMILES string of the molecule is O=C(Nc1ccc(Br)cc1Cl)c1cc(Br)ccc1O. The molecule has 2 aromatic rings. The van der Waals surface area contributed by atoms with E-state index in [9.17, 15) is 9.90 Å². The lowest BCUT2D eigenvalue weighted by Crippen LogP contribution is -2.12. The highest BCUT2D eigenvalue weighted by molar-refractivity contribution is 9.10. The third-order valence-electron chi connectivity index (χ3n) is 2.38. The number of carbonyl (C=O) groups is 1. The van der Waals surface area contributed by atoms with Gasteiger partial charge in [0.2, 0.25) is 0 Å². The summed E-state index contributed by atoms with van der Waals surface area (Å²) in [7, 11) is 0. The van der Waals surface area contributed by atoms with Crippen molar-refractivity contribution in [3.8, 4) is 5.75 Å². The van der Waals surface area contributed by atoms with Gasteiger partial charge in [0, 0.05) is 8.95 Å². The maximum Gasteiger partial charge on any atom is 0.259 e. The average Bonchev–Trinajstić information content (AvgIpc) is 2.35. The van der Waals surface area contributed by atoms with Gasteiger partial charge in [-0.15, -0.1) is 0 Å². The van der Waals surface area contributed by atoms with Crippen LogP contribution in [0.1, 0.15) is 10.4 Å². The molecule has 0 aromatic heterocycles. The molecule has 2 aromatic carbocycles. The minimum Gasteiger partial charge on any atom is -0.507 e. The Balaban J connectivity index is 2.28. The molecule has 98 valence electrons. The molecular formula is C13H8Br2ClNO2. The van der Waals surface area contributed by atoms with E-state index in [1.165, 1.54) is 12.1 Å². The number of amides is 1. The molecule has 3 nitrogen and oxygen atoms in total. The number of carbonyl (C=O) groups excluding carboxylic acids is 1. The Labute approximate surface area is 131 Å². The summed E-state index contributed by atoms with van der Waals surface area (Å²) in [5.41, 5.74) is 0.655. The number of anilines is 1. The number of nitrogens with one attached hydrogen (secondary N) is 1. The van der Waals surface area contributed by atoms with Gasteiger partial charge in [-0.05, 0) is 36.4 Å². The fourth-order valence-corrected chi connectivity index (χ4v) is 2.55. The van der Waals surface area contributed by atoms with Gasteiger partial charge in [-0.25, -0.2) is 0 Å². The summed E-state index contributed by atoms with van der Waals surface area (Å²) in [4.78, 5) is 12.1. The number of hydrogen-bond acceptors (Lipinski definition) is 2. The van der Waals surface area contributed by atoms with Crippen molar-refractivity contribution in [1.29, 1.82) is 0 Å². The normalized spacial score (nSPS) is 10.3. The van der Waals surface area contributed by atoms with Crippen LogP contribution in [0.3, 0.4) is 0 Å². The zero-order valence-corrected chi connectivity index (χ0v) is 13.4. The number of benzene rings is 2. The predicted octanol–water partition coefficient (Wildman–Crippen LogP) is 4.82. The highest BCUT2D eigenvalue weighted by Gasteiger charge is 2.13. The first-order valence-corrected chi connectivity index (χ1v) is 7.18. The van der Waals surface area contributed by atoms with Gasteiger partial charge in [-0.1, -0.05) is 43.5 Å². The minimum absolute atomic E-state index is 0.0889. The second-order valence-electron chi connectivity index (χ2n) is 3.74. The van der Waals surface area contributed by atoms with Crippen LogP contribution >= 0.6 is 43.5 Å². The number of halogens is 3. The van der Waals surface area contributed by atoms with Gasteiger partial charge in [0.1, 0.15) is 5.75 Å². The molecule has 0 heterocycles. The molecule has 0 aliphatic rings. The molecule has 19 heavy (non-hydrogen) atoms. The largest absolute Gasteiger partial charge is 0.507 e. The van der Waals surface area contributed by atoms with Gasteiger partial charge >= 0.3 is 0 Å².